The van der Waals surface area contributed by atoms with Crippen molar-refractivity contribution in [2.75, 3.05) is 0 Å². The van der Waals surface area contributed by atoms with Crippen LogP contribution >= 0.6 is 23.2 Å². The molecule has 1 aromatic carbocycles. The molecule has 0 bridgehead atoms. The van der Waals surface area contributed by atoms with Gasteiger partial charge in [-0.1, -0.05) is 37.0 Å². The average Bonchev–Trinajstić information content (AvgIpc) is 2.65. The van der Waals surface area contributed by atoms with Crippen LogP contribution in [-0.4, -0.2) is 11.0 Å². The molecule has 5 heteroatoms. The molecule has 2 rings (SSSR count). The fourth-order valence-corrected chi connectivity index (χ4v) is 1.86. The normalized spacial score (nSPS) is 9.00. The van der Waals surface area contributed by atoms with Gasteiger partial charge < -0.3 is 10.3 Å². The number of nitrogens with zero attached hydrogens (tertiary/aromatic N) is 1. The van der Waals surface area contributed by atoms with Crippen LogP contribution in [0.5, 0.6) is 0 Å². The Morgan fingerprint density at radius 3 is 2.28 bits per heavy atom. The van der Waals surface area contributed by atoms with Crippen LogP contribution in [0.4, 0.5) is 0 Å². The number of hydrogen-bond acceptors (Lipinski definition) is 1. The quantitative estimate of drug-likeness (QED) is 0.734. The SMILES string of the molecule is CC.Cc1cc2c(Cl)c(Cl)ccc2n1C.NC=O. The monoisotopic (exact) mass is 288 g/mol. The summed E-state index contributed by atoms with van der Waals surface area (Å²) in [5.41, 5.74) is 6.46. The molecule has 1 heterocycles. The number of amides is 1. The summed E-state index contributed by atoms with van der Waals surface area (Å²) in [5, 5.41) is 2.27. The number of benzene rings is 1. The van der Waals surface area contributed by atoms with Gasteiger partial charge in [0.2, 0.25) is 6.41 Å². The topological polar surface area (TPSA) is 48.0 Å². The van der Waals surface area contributed by atoms with Gasteiger partial charge in [0.25, 0.3) is 0 Å². The third-order valence-electron chi connectivity index (χ3n) is 2.35. The number of nitrogens with two attached hydrogens (primary N) is 1. The maximum absolute atomic E-state index is 8.58. The summed E-state index contributed by atoms with van der Waals surface area (Å²) >= 11 is 12.0. The van der Waals surface area contributed by atoms with Crippen molar-refractivity contribution in [3.8, 4) is 0 Å². The minimum absolute atomic E-state index is 0.250. The van der Waals surface area contributed by atoms with E-state index >= 15 is 0 Å². The van der Waals surface area contributed by atoms with Crippen molar-refractivity contribution in [3.63, 3.8) is 0 Å². The van der Waals surface area contributed by atoms with Crippen molar-refractivity contribution in [2.45, 2.75) is 20.8 Å². The van der Waals surface area contributed by atoms with Gasteiger partial charge >= 0.3 is 0 Å². The van der Waals surface area contributed by atoms with E-state index in [1.54, 1.807) is 0 Å². The van der Waals surface area contributed by atoms with E-state index in [-0.39, 0.29) is 6.41 Å². The molecule has 0 fully saturated rings. The number of aromatic nitrogens is 1. The highest BCUT2D eigenvalue weighted by Crippen LogP contribution is 2.32. The van der Waals surface area contributed by atoms with E-state index in [1.165, 1.54) is 5.69 Å². The zero-order chi connectivity index (χ0) is 14.3. The summed E-state index contributed by atoms with van der Waals surface area (Å²) in [6.45, 7) is 6.05. The summed E-state index contributed by atoms with van der Waals surface area (Å²) in [5.74, 6) is 0. The van der Waals surface area contributed by atoms with Crippen LogP contribution in [0.3, 0.4) is 0 Å². The smallest absolute Gasteiger partial charge is 0.204 e. The van der Waals surface area contributed by atoms with Crippen molar-refractivity contribution in [2.24, 2.45) is 12.8 Å². The van der Waals surface area contributed by atoms with Crippen LogP contribution in [-0.2, 0) is 11.8 Å². The van der Waals surface area contributed by atoms with Crippen LogP contribution in [0, 0.1) is 6.92 Å². The van der Waals surface area contributed by atoms with Crippen molar-refractivity contribution in [3.05, 3.63) is 33.9 Å². The Morgan fingerprint density at radius 1 is 1.28 bits per heavy atom. The summed E-state index contributed by atoms with van der Waals surface area (Å²) in [6.07, 6.45) is 0.250. The molecule has 0 saturated carbocycles. The molecular formula is C13H18Cl2N2O. The van der Waals surface area contributed by atoms with E-state index in [9.17, 15) is 0 Å². The zero-order valence-electron chi connectivity index (χ0n) is 11.0. The fourth-order valence-electron chi connectivity index (χ4n) is 1.48. The molecule has 0 atom stereocenters. The molecule has 0 aliphatic rings. The maximum atomic E-state index is 8.58. The lowest BCUT2D eigenvalue weighted by atomic mass is 10.2. The minimum Gasteiger partial charge on any atom is -0.372 e. The zero-order valence-corrected chi connectivity index (χ0v) is 12.5. The Balaban J connectivity index is 0.000000509. The first-order valence-electron chi connectivity index (χ1n) is 5.58. The van der Waals surface area contributed by atoms with Crippen molar-refractivity contribution in [1.82, 2.24) is 4.57 Å². The van der Waals surface area contributed by atoms with Crippen molar-refractivity contribution < 1.29 is 4.79 Å². The second-order valence-corrected chi connectivity index (χ2v) is 4.06. The molecule has 2 aromatic rings. The number of rotatable bonds is 0. The lowest BCUT2D eigenvalue weighted by Gasteiger charge is -2.00. The molecular weight excluding hydrogens is 271 g/mol. The largest absolute Gasteiger partial charge is 0.372 e. The fraction of sp³-hybridized carbons (Fsp3) is 0.308. The second kappa shape index (κ2) is 8.01. The van der Waals surface area contributed by atoms with E-state index in [0.29, 0.717) is 10.0 Å². The van der Waals surface area contributed by atoms with Gasteiger partial charge in [-0.15, -0.1) is 0 Å². The maximum Gasteiger partial charge on any atom is 0.204 e. The Labute approximate surface area is 117 Å². The van der Waals surface area contributed by atoms with Gasteiger partial charge in [-0.25, -0.2) is 0 Å². The number of halogens is 2. The number of primary amides is 1. The van der Waals surface area contributed by atoms with E-state index in [4.69, 9.17) is 28.0 Å². The summed E-state index contributed by atoms with van der Waals surface area (Å²) in [4.78, 5) is 8.58. The number of carbonyl (C=O) groups is 1. The van der Waals surface area contributed by atoms with E-state index in [2.05, 4.69) is 10.3 Å². The van der Waals surface area contributed by atoms with Crippen LogP contribution in [0.25, 0.3) is 10.9 Å². The lowest BCUT2D eigenvalue weighted by molar-refractivity contribution is -0.106. The van der Waals surface area contributed by atoms with Gasteiger partial charge in [0.1, 0.15) is 0 Å². The molecule has 100 valence electrons. The minimum atomic E-state index is 0.250. The molecule has 0 spiro atoms. The molecule has 0 radical (unpaired) electrons. The highest BCUT2D eigenvalue weighted by molar-refractivity contribution is 6.45. The number of hydrogen-bond donors (Lipinski definition) is 1. The Kier molecular flexibility index (Phi) is 7.48. The van der Waals surface area contributed by atoms with Gasteiger partial charge in [-0.3, -0.25) is 4.79 Å². The number of carbonyl (C=O) groups excluding carboxylic acids is 1. The first kappa shape index (κ1) is 16.8. The van der Waals surface area contributed by atoms with E-state index in [0.717, 1.165) is 10.9 Å². The standard InChI is InChI=1S/C10H9Cl2N.C2H6.CH3NO/c1-6-5-7-9(13(6)2)4-3-8(11)10(7)12;1-2;2-1-3/h3-5H,1-2H3;1-2H3;1H,(H2,2,3). The third-order valence-corrected chi connectivity index (χ3v) is 3.17. The average molecular weight is 289 g/mol. The van der Waals surface area contributed by atoms with Crippen LogP contribution in [0.15, 0.2) is 18.2 Å². The molecule has 0 aliphatic carbocycles. The first-order valence-corrected chi connectivity index (χ1v) is 6.34. The summed E-state index contributed by atoms with van der Waals surface area (Å²) < 4.78 is 2.09. The molecule has 0 unspecified atom stereocenters. The highest BCUT2D eigenvalue weighted by atomic mass is 35.5. The van der Waals surface area contributed by atoms with E-state index in [1.807, 2.05) is 46.0 Å². The summed E-state index contributed by atoms with van der Waals surface area (Å²) in [6, 6.07) is 5.85. The third kappa shape index (κ3) is 3.65. The number of aryl methyl sites for hydroxylation is 2. The molecule has 1 amide bonds. The molecule has 18 heavy (non-hydrogen) atoms. The van der Waals surface area contributed by atoms with Crippen LogP contribution in [0.1, 0.15) is 19.5 Å². The van der Waals surface area contributed by atoms with Crippen LogP contribution in [0.2, 0.25) is 10.0 Å². The van der Waals surface area contributed by atoms with Crippen molar-refractivity contribution >= 4 is 40.5 Å². The van der Waals surface area contributed by atoms with E-state index < -0.39 is 0 Å². The summed E-state index contributed by atoms with van der Waals surface area (Å²) in [7, 11) is 2.02. The highest BCUT2D eigenvalue weighted by Gasteiger charge is 2.07. The van der Waals surface area contributed by atoms with Gasteiger partial charge in [0, 0.05) is 23.6 Å². The Morgan fingerprint density at radius 2 is 1.78 bits per heavy atom. The van der Waals surface area contributed by atoms with Gasteiger partial charge in [0.05, 0.1) is 10.0 Å². The Hall–Kier alpha value is -1.19. The molecule has 0 saturated heterocycles. The lowest BCUT2D eigenvalue weighted by Crippen LogP contribution is -1.88. The molecule has 1 aromatic heterocycles. The molecule has 3 nitrogen and oxygen atoms in total. The molecule has 0 aliphatic heterocycles. The van der Waals surface area contributed by atoms with Crippen LogP contribution < -0.4 is 5.73 Å². The first-order chi connectivity index (χ1) is 8.52. The predicted octanol–water partition coefficient (Wildman–Crippen LogP) is 3.92. The van der Waals surface area contributed by atoms with Gasteiger partial charge in [-0.2, -0.15) is 0 Å². The van der Waals surface area contributed by atoms with Gasteiger partial charge in [0.15, 0.2) is 0 Å². The molecule has 2 N–H and O–H groups in total. The Bertz CT molecular complexity index is 521. The van der Waals surface area contributed by atoms with Gasteiger partial charge in [-0.05, 0) is 25.1 Å². The number of fused-ring (bicyclic) bond motifs is 1. The second-order valence-electron chi connectivity index (χ2n) is 3.27. The predicted molar refractivity (Wildman–Crippen MR) is 79.3 cm³/mol. The van der Waals surface area contributed by atoms with Crippen molar-refractivity contribution in [1.29, 1.82) is 0 Å².